The molecule has 0 bridgehead atoms. The van der Waals surface area contributed by atoms with Crippen molar-refractivity contribution in [3.8, 4) is 0 Å². The summed E-state index contributed by atoms with van der Waals surface area (Å²) in [5, 5.41) is 4.22. The molecule has 4 heteroatoms. The molecule has 0 aliphatic heterocycles. The van der Waals surface area contributed by atoms with Gasteiger partial charge >= 0.3 is 0 Å². The summed E-state index contributed by atoms with van der Waals surface area (Å²) in [7, 11) is 1.94. The van der Waals surface area contributed by atoms with E-state index >= 15 is 0 Å². The van der Waals surface area contributed by atoms with Crippen molar-refractivity contribution < 1.29 is 0 Å². The number of fused-ring (bicyclic) bond motifs is 1. The van der Waals surface area contributed by atoms with E-state index in [1.54, 1.807) is 0 Å². The number of nitrogens with zero attached hydrogens (tertiary/aromatic N) is 4. The maximum Gasteiger partial charge on any atom is 0.109 e. The van der Waals surface area contributed by atoms with Gasteiger partial charge in [0.2, 0.25) is 0 Å². The van der Waals surface area contributed by atoms with Crippen molar-refractivity contribution in [2.75, 3.05) is 0 Å². The van der Waals surface area contributed by atoms with Crippen LogP contribution in [0.1, 0.15) is 18.3 Å². The summed E-state index contributed by atoms with van der Waals surface area (Å²) in [5.74, 6) is 1.13. The Labute approximate surface area is 106 Å². The normalized spacial score (nSPS) is 11.2. The van der Waals surface area contributed by atoms with Crippen molar-refractivity contribution in [1.82, 2.24) is 19.3 Å². The summed E-state index contributed by atoms with van der Waals surface area (Å²) in [6.45, 7) is 2.97. The molecule has 4 nitrogen and oxygen atoms in total. The molecule has 0 saturated carbocycles. The highest BCUT2D eigenvalue weighted by Gasteiger charge is 2.09. The van der Waals surface area contributed by atoms with Gasteiger partial charge in [0.1, 0.15) is 5.82 Å². The molecule has 0 fully saturated rings. The minimum atomic E-state index is 0.831. The number of aryl methyl sites for hydroxylation is 2. The molecular formula is C14H16N4. The molecule has 1 aromatic carbocycles. The van der Waals surface area contributed by atoms with Crippen molar-refractivity contribution in [2.45, 2.75) is 19.9 Å². The summed E-state index contributed by atoms with van der Waals surface area (Å²) >= 11 is 0. The Hall–Kier alpha value is -2.10. The molecule has 18 heavy (non-hydrogen) atoms. The number of rotatable bonds is 3. The first-order valence-electron chi connectivity index (χ1n) is 6.19. The average molecular weight is 240 g/mol. The molecule has 0 aliphatic carbocycles. The third kappa shape index (κ3) is 1.79. The van der Waals surface area contributed by atoms with Crippen LogP contribution in [0.3, 0.4) is 0 Å². The Bertz CT molecular complexity index is 678. The summed E-state index contributed by atoms with van der Waals surface area (Å²) < 4.78 is 4.10. The number of imidazole rings is 1. The van der Waals surface area contributed by atoms with Gasteiger partial charge in [-0.05, 0) is 12.1 Å². The van der Waals surface area contributed by atoms with Crippen LogP contribution in [-0.2, 0) is 20.0 Å². The van der Waals surface area contributed by atoms with E-state index in [0.29, 0.717) is 0 Å². The zero-order valence-electron chi connectivity index (χ0n) is 10.7. The zero-order chi connectivity index (χ0) is 12.5. The molecule has 3 aromatic rings. The van der Waals surface area contributed by atoms with Gasteiger partial charge in [0, 0.05) is 25.2 Å². The first kappa shape index (κ1) is 11.0. The van der Waals surface area contributed by atoms with Crippen molar-refractivity contribution in [2.24, 2.45) is 7.05 Å². The van der Waals surface area contributed by atoms with E-state index in [1.165, 1.54) is 11.1 Å². The van der Waals surface area contributed by atoms with Gasteiger partial charge in [-0.1, -0.05) is 19.1 Å². The minimum absolute atomic E-state index is 0.831. The van der Waals surface area contributed by atoms with Crippen molar-refractivity contribution in [3.63, 3.8) is 0 Å². The SMILES string of the molecule is CCc1nc2ccccc2n1Cc1cnn(C)c1. The van der Waals surface area contributed by atoms with Crippen LogP contribution in [0.2, 0.25) is 0 Å². The van der Waals surface area contributed by atoms with Crippen LogP contribution in [0, 0.1) is 0 Å². The van der Waals surface area contributed by atoms with E-state index in [2.05, 4.69) is 39.8 Å². The van der Waals surface area contributed by atoms with Gasteiger partial charge in [-0.3, -0.25) is 4.68 Å². The molecule has 92 valence electrons. The van der Waals surface area contributed by atoms with Crippen molar-refractivity contribution in [3.05, 3.63) is 48.0 Å². The highest BCUT2D eigenvalue weighted by molar-refractivity contribution is 5.76. The van der Waals surface area contributed by atoms with E-state index in [1.807, 2.05) is 30.2 Å². The highest BCUT2D eigenvalue weighted by atomic mass is 15.2. The summed E-state index contributed by atoms with van der Waals surface area (Å²) in [5.41, 5.74) is 3.46. The minimum Gasteiger partial charge on any atom is -0.323 e. The van der Waals surface area contributed by atoms with Gasteiger partial charge in [0.15, 0.2) is 0 Å². The van der Waals surface area contributed by atoms with E-state index in [-0.39, 0.29) is 0 Å². The van der Waals surface area contributed by atoms with E-state index < -0.39 is 0 Å². The molecule has 0 atom stereocenters. The monoisotopic (exact) mass is 240 g/mol. The van der Waals surface area contributed by atoms with Crippen LogP contribution in [0.5, 0.6) is 0 Å². The first-order valence-corrected chi connectivity index (χ1v) is 6.19. The number of aromatic nitrogens is 4. The molecule has 0 saturated heterocycles. The van der Waals surface area contributed by atoms with Gasteiger partial charge < -0.3 is 4.57 Å². The highest BCUT2D eigenvalue weighted by Crippen LogP contribution is 2.18. The average Bonchev–Trinajstić information content (AvgIpc) is 2.94. The van der Waals surface area contributed by atoms with E-state index in [9.17, 15) is 0 Å². The van der Waals surface area contributed by atoms with Crippen molar-refractivity contribution >= 4 is 11.0 Å². The van der Waals surface area contributed by atoms with Crippen LogP contribution in [0.4, 0.5) is 0 Å². The van der Waals surface area contributed by atoms with Gasteiger partial charge in [-0.25, -0.2) is 4.98 Å². The Morgan fingerprint density at radius 1 is 1.22 bits per heavy atom. The van der Waals surface area contributed by atoms with Crippen LogP contribution >= 0.6 is 0 Å². The van der Waals surface area contributed by atoms with E-state index in [0.717, 1.165) is 24.3 Å². The first-order chi connectivity index (χ1) is 8.78. The van der Waals surface area contributed by atoms with Crippen LogP contribution in [0.25, 0.3) is 11.0 Å². The molecule has 0 N–H and O–H groups in total. The Kier molecular flexibility index (Phi) is 2.63. The molecule has 3 rings (SSSR count). The second kappa shape index (κ2) is 4.29. The van der Waals surface area contributed by atoms with Gasteiger partial charge in [0.05, 0.1) is 23.8 Å². The third-order valence-corrected chi connectivity index (χ3v) is 3.15. The summed E-state index contributed by atoms with van der Waals surface area (Å²) in [6, 6.07) is 8.28. The topological polar surface area (TPSA) is 35.6 Å². The summed E-state index contributed by atoms with van der Waals surface area (Å²) in [4.78, 5) is 4.67. The second-order valence-electron chi connectivity index (χ2n) is 4.48. The van der Waals surface area contributed by atoms with Gasteiger partial charge in [-0.15, -0.1) is 0 Å². The van der Waals surface area contributed by atoms with Gasteiger partial charge in [-0.2, -0.15) is 5.10 Å². The Morgan fingerprint density at radius 3 is 2.78 bits per heavy atom. The zero-order valence-corrected chi connectivity index (χ0v) is 10.7. The molecule has 0 amide bonds. The number of para-hydroxylation sites is 2. The lowest BCUT2D eigenvalue weighted by molar-refractivity contribution is 0.746. The fraction of sp³-hybridized carbons (Fsp3) is 0.286. The van der Waals surface area contributed by atoms with Crippen molar-refractivity contribution in [1.29, 1.82) is 0 Å². The maximum atomic E-state index is 4.67. The molecule has 0 radical (unpaired) electrons. The third-order valence-electron chi connectivity index (χ3n) is 3.15. The van der Waals surface area contributed by atoms with E-state index in [4.69, 9.17) is 0 Å². The molecular weight excluding hydrogens is 224 g/mol. The van der Waals surface area contributed by atoms with Crippen LogP contribution in [0.15, 0.2) is 36.7 Å². The molecule has 0 aliphatic rings. The second-order valence-corrected chi connectivity index (χ2v) is 4.48. The Balaban J connectivity index is 2.09. The predicted molar refractivity (Wildman–Crippen MR) is 71.4 cm³/mol. The lowest BCUT2D eigenvalue weighted by atomic mass is 10.3. The van der Waals surface area contributed by atoms with Gasteiger partial charge in [0.25, 0.3) is 0 Å². The van der Waals surface area contributed by atoms with Crippen LogP contribution in [-0.4, -0.2) is 19.3 Å². The fourth-order valence-corrected chi connectivity index (χ4v) is 2.31. The Morgan fingerprint density at radius 2 is 2.06 bits per heavy atom. The molecule has 0 spiro atoms. The number of hydrogen-bond acceptors (Lipinski definition) is 2. The molecule has 2 heterocycles. The fourth-order valence-electron chi connectivity index (χ4n) is 2.31. The standard InChI is InChI=1S/C14H16N4/c1-3-14-16-12-6-4-5-7-13(12)18(14)10-11-8-15-17(2)9-11/h4-9H,3,10H2,1-2H3. The maximum absolute atomic E-state index is 4.67. The quantitative estimate of drug-likeness (QED) is 0.704. The summed E-state index contributed by atoms with van der Waals surface area (Å²) in [6.07, 6.45) is 4.90. The molecule has 2 aromatic heterocycles. The smallest absolute Gasteiger partial charge is 0.109 e. The number of benzene rings is 1. The number of hydrogen-bond donors (Lipinski definition) is 0. The van der Waals surface area contributed by atoms with Crippen LogP contribution < -0.4 is 0 Å². The largest absolute Gasteiger partial charge is 0.323 e. The molecule has 0 unspecified atom stereocenters. The lowest BCUT2D eigenvalue weighted by Gasteiger charge is -2.06. The lowest BCUT2D eigenvalue weighted by Crippen LogP contribution is -2.03. The predicted octanol–water partition coefficient (Wildman–Crippen LogP) is 2.38.